The van der Waals surface area contributed by atoms with Crippen LogP contribution in [-0.2, 0) is 5.41 Å². The minimum absolute atomic E-state index is 0.0267. The third kappa shape index (κ3) is 5.77. The van der Waals surface area contributed by atoms with Crippen molar-refractivity contribution in [1.82, 2.24) is 4.57 Å². The zero-order chi connectivity index (χ0) is 41.1. The summed E-state index contributed by atoms with van der Waals surface area (Å²) in [4.78, 5) is 2.44. The van der Waals surface area contributed by atoms with Gasteiger partial charge in [-0.15, -0.1) is 0 Å². The summed E-state index contributed by atoms with van der Waals surface area (Å²) in [6.07, 6.45) is 4.27. The van der Waals surface area contributed by atoms with E-state index in [-0.39, 0.29) is 6.04 Å². The highest BCUT2D eigenvalue weighted by molar-refractivity contribution is 6.11. The van der Waals surface area contributed by atoms with Gasteiger partial charge < -0.3 is 20.5 Å². The standard InChI is InChI=1S/C57H50N4/c1-3-5-33-59-39-26-30-46-45-29-25-38(54(58)16-4-2)34-51(45)57(52(46)35-39)50-23-14-12-21-44(50)47-31-27-43(37-53(47)57)60(40-17-8-6-9-18-40)42-28-32-56-49(36-42)48-22-13-15-24-55(48)61(56)41-19-10-7-11-20-41/h6-15,17-32,34-37,54,59H,3-5,16,33,58H2,1-2H3. The number of rotatable bonds is 11. The maximum Gasteiger partial charge on any atom is 0.0727 e. The SMILES string of the molecule is CCCCNc1ccc2c(c1)C1(c3ccccc3-c3ccc(N(c4ccccc4)c4ccc5c(c4)c4ccccc4n5-c4ccccc4)cc31)c1cc(C(N)CCC)ccc1-2. The first-order valence-electron chi connectivity index (χ1n) is 22.1. The number of unbranched alkanes of at least 4 members (excludes halogenated alkanes) is 1. The maximum absolute atomic E-state index is 6.96. The van der Waals surface area contributed by atoms with Crippen LogP contribution in [0.25, 0.3) is 49.7 Å². The van der Waals surface area contributed by atoms with Crippen molar-refractivity contribution in [3.63, 3.8) is 0 Å². The van der Waals surface area contributed by atoms with Crippen LogP contribution in [0.2, 0.25) is 0 Å². The molecule has 0 aliphatic heterocycles. The minimum atomic E-state index is -0.535. The van der Waals surface area contributed by atoms with E-state index < -0.39 is 5.41 Å². The van der Waals surface area contributed by atoms with Crippen LogP contribution in [0.4, 0.5) is 22.7 Å². The molecule has 298 valence electrons. The molecule has 2 atom stereocenters. The average molecular weight is 791 g/mol. The lowest BCUT2D eigenvalue weighted by molar-refractivity contribution is 0.636. The quantitative estimate of drug-likeness (QED) is 0.128. The fourth-order valence-corrected chi connectivity index (χ4v) is 10.5. The Balaban J connectivity index is 1.16. The number of para-hydroxylation sites is 3. The first-order chi connectivity index (χ1) is 30.1. The molecule has 0 radical (unpaired) electrons. The molecule has 1 heterocycles. The lowest BCUT2D eigenvalue weighted by Crippen LogP contribution is -2.27. The van der Waals surface area contributed by atoms with E-state index in [1.165, 1.54) is 77.6 Å². The summed E-state index contributed by atoms with van der Waals surface area (Å²) in [5.41, 5.74) is 26.1. The molecule has 11 rings (SSSR count). The van der Waals surface area contributed by atoms with Crippen molar-refractivity contribution >= 4 is 44.6 Å². The number of nitrogens with one attached hydrogen (secondary N) is 1. The second kappa shape index (κ2) is 15.0. The summed E-state index contributed by atoms with van der Waals surface area (Å²) < 4.78 is 2.39. The largest absolute Gasteiger partial charge is 0.385 e. The number of fused-ring (bicyclic) bond motifs is 13. The Hall–Kier alpha value is -6.88. The lowest BCUT2D eigenvalue weighted by atomic mass is 9.70. The first kappa shape index (κ1) is 37.1. The van der Waals surface area contributed by atoms with Crippen molar-refractivity contribution < 1.29 is 0 Å². The van der Waals surface area contributed by atoms with Crippen molar-refractivity contribution in [2.45, 2.75) is 51.0 Å². The van der Waals surface area contributed by atoms with Crippen molar-refractivity contribution in [1.29, 1.82) is 0 Å². The van der Waals surface area contributed by atoms with E-state index in [1.807, 2.05) is 0 Å². The number of aromatic nitrogens is 1. The molecule has 3 N–H and O–H groups in total. The van der Waals surface area contributed by atoms with Gasteiger partial charge in [0, 0.05) is 51.8 Å². The number of anilines is 4. The number of hydrogen-bond donors (Lipinski definition) is 2. The smallest absolute Gasteiger partial charge is 0.0727 e. The van der Waals surface area contributed by atoms with Gasteiger partial charge in [0.15, 0.2) is 0 Å². The molecule has 4 nitrogen and oxygen atoms in total. The van der Waals surface area contributed by atoms with E-state index >= 15 is 0 Å². The Bertz CT molecular complexity index is 3090. The number of nitrogens with zero attached hydrogens (tertiary/aromatic N) is 2. The van der Waals surface area contributed by atoms with E-state index in [0.29, 0.717) is 0 Å². The molecule has 8 aromatic carbocycles. The van der Waals surface area contributed by atoms with Gasteiger partial charge in [0.25, 0.3) is 0 Å². The van der Waals surface area contributed by atoms with Gasteiger partial charge in [0.2, 0.25) is 0 Å². The molecule has 61 heavy (non-hydrogen) atoms. The molecule has 2 aliphatic carbocycles. The van der Waals surface area contributed by atoms with Crippen LogP contribution in [0.5, 0.6) is 0 Å². The molecule has 1 spiro atoms. The van der Waals surface area contributed by atoms with Gasteiger partial charge in [-0.25, -0.2) is 0 Å². The third-order valence-corrected chi connectivity index (χ3v) is 13.3. The fourth-order valence-electron chi connectivity index (χ4n) is 10.5. The summed E-state index contributed by atoms with van der Waals surface area (Å²) in [7, 11) is 0. The molecule has 0 saturated carbocycles. The highest BCUT2D eigenvalue weighted by atomic mass is 15.1. The Kier molecular flexibility index (Phi) is 9.13. The van der Waals surface area contributed by atoms with Crippen molar-refractivity contribution in [2.24, 2.45) is 5.73 Å². The van der Waals surface area contributed by atoms with E-state index in [0.717, 1.165) is 55.0 Å². The molecule has 9 aromatic rings. The average Bonchev–Trinajstić information content (AvgIpc) is 3.91. The third-order valence-electron chi connectivity index (χ3n) is 13.3. The van der Waals surface area contributed by atoms with E-state index in [2.05, 4.69) is 211 Å². The van der Waals surface area contributed by atoms with Crippen molar-refractivity contribution in [3.05, 3.63) is 210 Å². The second-order valence-corrected chi connectivity index (χ2v) is 16.8. The van der Waals surface area contributed by atoms with Crippen LogP contribution >= 0.6 is 0 Å². The van der Waals surface area contributed by atoms with Gasteiger partial charge >= 0.3 is 0 Å². The van der Waals surface area contributed by atoms with Gasteiger partial charge in [0.1, 0.15) is 0 Å². The molecule has 2 unspecified atom stereocenters. The molecule has 4 heteroatoms. The van der Waals surface area contributed by atoms with Crippen molar-refractivity contribution in [2.75, 3.05) is 16.8 Å². The fraction of sp³-hybridized carbons (Fsp3) is 0.158. The van der Waals surface area contributed by atoms with Gasteiger partial charge in [-0.2, -0.15) is 0 Å². The molecule has 0 fully saturated rings. The number of benzene rings is 8. The summed E-state index contributed by atoms with van der Waals surface area (Å²) in [5, 5.41) is 6.24. The Labute approximate surface area is 358 Å². The number of nitrogens with two attached hydrogens (primary N) is 1. The number of hydrogen-bond acceptors (Lipinski definition) is 3. The van der Waals surface area contributed by atoms with Crippen LogP contribution in [0.1, 0.15) is 73.4 Å². The topological polar surface area (TPSA) is 46.2 Å². The van der Waals surface area contributed by atoms with E-state index in [4.69, 9.17) is 5.73 Å². The highest BCUT2D eigenvalue weighted by Crippen LogP contribution is 2.64. The monoisotopic (exact) mass is 790 g/mol. The van der Waals surface area contributed by atoms with Gasteiger partial charge in [-0.05, 0) is 136 Å². The zero-order valence-corrected chi connectivity index (χ0v) is 34.9. The molecular weight excluding hydrogens is 741 g/mol. The Morgan fingerprint density at radius 3 is 1.95 bits per heavy atom. The van der Waals surface area contributed by atoms with Crippen LogP contribution < -0.4 is 16.0 Å². The van der Waals surface area contributed by atoms with Crippen LogP contribution in [0, 0.1) is 0 Å². The Morgan fingerprint density at radius 1 is 0.525 bits per heavy atom. The second-order valence-electron chi connectivity index (χ2n) is 16.8. The molecule has 0 amide bonds. The first-order valence-corrected chi connectivity index (χ1v) is 22.1. The van der Waals surface area contributed by atoms with Gasteiger partial charge in [-0.3, -0.25) is 0 Å². The minimum Gasteiger partial charge on any atom is -0.385 e. The van der Waals surface area contributed by atoms with E-state index in [9.17, 15) is 0 Å². The molecular formula is C57H50N4. The summed E-state index contributed by atoms with van der Waals surface area (Å²) in [5.74, 6) is 0. The van der Waals surface area contributed by atoms with Gasteiger partial charge in [0.05, 0.1) is 16.4 Å². The van der Waals surface area contributed by atoms with Crippen molar-refractivity contribution in [3.8, 4) is 27.9 Å². The highest BCUT2D eigenvalue weighted by Gasteiger charge is 2.52. The normalized spacial score (nSPS) is 15.1. The van der Waals surface area contributed by atoms with Crippen LogP contribution in [-0.4, -0.2) is 11.1 Å². The van der Waals surface area contributed by atoms with Crippen LogP contribution in [0.3, 0.4) is 0 Å². The lowest BCUT2D eigenvalue weighted by Gasteiger charge is -2.33. The summed E-state index contributed by atoms with van der Waals surface area (Å²) >= 11 is 0. The Morgan fingerprint density at radius 2 is 1.15 bits per heavy atom. The molecule has 2 aliphatic rings. The molecule has 0 bridgehead atoms. The predicted octanol–water partition coefficient (Wildman–Crippen LogP) is 14.6. The van der Waals surface area contributed by atoms with Gasteiger partial charge in [-0.1, -0.05) is 136 Å². The predicted molar refractivity (Wildman–Crippen MR) is 257 cm³/mol. The zero-order valence-electron chi connectivity index (χ0n) is 34.9. The summed E-state index contributed by atoms with van der Waals surface area (Å²) in [6.45, 7) is 5.42. The maximum atomic E-state index is 6.96. The van der Waals surface area contributed by atoms with Crippen LogP contribution in [0.15, 0.2) is 182 Å². The molecule has 1 aromatic heterocycles. The molecule has 0 saturated heterocycles. The van der Waals surface area contributed by atoms with E-state index in [1.54, 1.807) is 0 Å². The summed E-state index contributed by atoms with van der Waals surface area (Å²) in [6, 6.07) is 67.7.